The van der Waals surface area contributed by atoms with Crippen LogP contribution in [0.15, 0.2) is 41.9 Å². The summed E-state index contributed by atoms with van der Waals surface area (Å²) in [6.07, 6.45) is -3.17. The molecule has 0 saturated heterocycles. The minimum Gasteiger partial charge on any atom is -0.495 e. The van der Waals surface area contributed by atoms with Gasteiger partial charge in [-0.05, 0) is 31.2 Å². The van der Waals surface area contributed by atoms with E-state index in [2.05, 4.69) is 32.9 Å². The summed E-state index contributed by atoms with van der Waals surface area (Å²) in [7, 11) is 4.25. The number of nitrogens with one attached hydrogen (secondary N) is 3. The molecule has 0 spiro atoms. The zero-order chi connectivity index (χ0) is 26.9. The van der Waals surface area contributed by atoms with Crippen molar-refractivity contribution in [2.24, 2.45) is 0 Å². The molecule has 2 aromatic rings. The summed E-state index contributed by atoms with van der Waals surface area (Å²) in [5.74, 6) is 5.04. The van der Waals surface area contributed by atoms with E-state index in [1.807, 2.05) is 0 Å². The highest BCUT2D eigenvalue weighted by Crippen LogP contribution is 2.25. The first-order chi connectivity index (χ1) is 17.0. The van der Waals surface area contributed by atoms with Crippen molar-refractivity contribution in [3.63, 3.8) is 0 Å². The summed E-state index contributed by atoms with van der Waals surface area (Å²) in [4.78, 5) is 23.8. The molecule has 0 aliphatic rings. The van der Waals surface area contributed by atoms with Crippen molar-refractivity contribution in [3.05, 3.63) is 58.8 Å². The van der Waals surface area contributed by atoms with Gasteiger partial charge >= 0.3 is 6.18 Å². The largest absolute Gasteiger partial charge is 0.495 e. The molecule has 0 aliphatic carbocycles. The minimum absolute atomic E-state index is 0.00832. The fraction of sp³-hybridized carbons (Fsp3) is 0.375. The summed E-state index contributed by atoms with van der Waals surface area (Å²) in [5, 5.41) is 11.7. The monoisotopic (exact) mass is 509 g/mol. The van der Waals surface area contributed by atoms with Gasteiger partial charge in [-0.1, -0.05) is 11.8 Å². The number of pyridine rings is 1. The lowest BCUT2D eigenvalue weighted by molar-refractivity contribution is -0.127. The molecule has 2 rings (SSSR count). The summed E-state index contributed by atoms with van der Waals surface area (Å²) in [5.41, 5.74) is 0.596. The van der Waals surface area contributed by atoms with Crippen LogP contribution in [-0.2, 0) is 16.0 Å². The lowest BCUT2D eigenvalue weighted by atomic mass is 10.1. The van der Waals surface area contributed by atoms with Gasteiger partial charge in [0.25, 0.3) is 5.91 Å². The maximum absolute atomic E-state index is 13.7. The molecule has 0 fully saturated rings. The quantitative estimate of drug-likeness (QED) is 0.209. The van der Waals surface area contributed by atoms with Crippen LogP contribution in [0.25, 0.3) is 5.52 Å². The molecule has 194 valence electrons. The molecule has 0 bridgehead atoms. The van der Waals surface area contributed by atoms with Gasteiger partial charge in [-0.25, -0.2) is 8.91 Å². The number of carbonyl (C=O) groups excluding carboxylic acids is 2. The summed E-state index contributed by atoms with van der Waals surface area (Å²) < 4.78 is 59.0. The Bertz CT molecular complexity index is 1220. The average Bonchev–Trinajstić information content (AvgIpc) is 3.21. The van der Waals surface area contributed by atoms with E-state index in [0.717, 1.165) is 10.7 Å². The number of fused-ring (bicyclic) bond motifs is 1. The van der Waals surface area contributed by atoms with Gasteiger partial charge in [0.15, 0.2) is 0 Å². The van der Waals surface area contributed by atoms with Crippen LogP contribution in [0.1, 0.15) is 35.0 Å². The van der Waals surface area contributed by atoms with Gasteiger partial charge in [0, 0.05) is 31.6 Å². The molecule has 0 aromatic carbocycles. The number of aromatic nitrogens is 2. The number of rotatable bonds is 9. The Morgan fingerprint density at radius 1 is 1.25 bits per heavy atom. The van der Waals surface area contributed by atoms with Gasteiger partial charge in [0.05, 0.1) is 37.5 Å². The van der Waals surface area contributed by atoms with Crippen LogP contribution in [0.5, 0.6) is 0 Å². The van der Waals surface area contributed by atoms with Crippen molar-refractivity contribution in [2.45, 2.75) is 32.1 Å². The highest BCUT2D eigenvalue weighted by atomic mass is 19.4. The van der Waals surface area contributed by atoms with Crippen molar-refractivity contribution in [3.8, 4) is 11.8 Å². The standard InChI is InChI=1S/C24H27F4N5O3/c1-15(25)10-18(21(36-4)7-8-22(34)29-2)31-9-5-6-16-11-19-17(13-24(26,27)28)14-32-33(19)20(12-16)23(35)30-3/h7,10-12,14-15,31H,8-9,13H2,1-4H3,(H,29,34)(H,30,35)/b18-10+,21-7+. The van der Waals surface area contributed by atoms with Gasteiger partial charge < -0.3 is 20.7 Å². The molecular formula is C24H27F4N5O3. The molecule has 0 radical (unpaired) electrons. The zero-order valence-corrected chi connectivity index (χ0v) is 20.2. The Morgan fingerprint density at radius 2 is 1.97 bits per heavy atom. The molecule has 36 heavy (non-hydrogen) atoms. The number of amides is 2. The predicted octanol–water partition coefficient (Wildman–Crippen LogP) is 2.65. The third kappa shape index (κ3) is 8.04. The molecule has 2 aromatic heterocycles. The minimum atomic E-state index is -4.46. The number of allylic oxidation sites excluding steroid dienone is 1. The normalized spacial score (nSPS) is 13.0. The van der Waals surface area contributed by atoms with E-state index in [1.165, 1.54) is 52.4 Å². The smallest absolute Gasteiger partial charge is 0.393 e. The van der Waals surface area contributed by atoms with Crippen LogP contribution in [-0.4, -0.2) is 61.5 Å². The highest BCUT2D eigenvalue weighted by molar-refractivity contribution is 5.93. The van der Waals surface area contributed by atoms with Crippen LogP contribution >= 0.6 is 0 Å². The van der Waals surface area contributed by atoms with Gasteiger partial charge in [-0.15, -0.1) is 0 Å². The number of alkyl halides is 4. The molecule has 3 N–H and O–H groups in total. The second-order valence-corrected chi connectivity index (χ2v) is 7.53. The topological polar surface area (TPSA) is 96.8 Å². The number of methoxy groups -OCH3 is 1. The Balaban J connectivity index is 2.35. The van der Waals surface area contributed by atoms with Crippen LogP contribution in [0, 0.1) is 11.8 Å². The van der Waals surface area contributed by atoms with E-state index < -0.39 is 24.7 Å². The van der Waals surface area contributed by atoms with Crippen molar-refractivity contribution in [1.82, 2.24) is 25.6 Å². The highest BCUT2D eigenvalue weighted by Gasteiger charge is 2.30. The Hall–Kier alpha value is -4.01. The lowest BCUT2D eigenvalue weighted by Crippen LogP contribution is -2.21. The first-order valence-corrected chi connectivity index (χ1v) is 10.8. The van der Waals surface area contributed by atoms with Crippen molar-refractivity contribution in [1.29, 1.82) is 0 Å². The van der Waals surface area contributed by atoms with E-state index in [9.17, 15) is 27.2 Å². The fourth-order valence-corrected chi connectivity index (χ4v) is 3.18. The van der Waals surface area contributed by atoms with E-state index in [4.69, 9.17) is 4.74 Å². The van der Waals surface area contributed by atoms with Crippen molar-refractivity contribution in [2.75, 3.05) is 27.7 Å². The SMILES string of the molecule is CNC(=O)C/C=C(OC)\C(=C/C(C)F)NCC#Cc1cc(C(=O)NC)n2ncc(CC(F)(F)F)c2c1. The van der Waals surface area contributed by atoms with Crippen molar-refractivity contribution >= 4 is 17.3 Å². The van der Waals surface area contributed by atoms with Gasteiger partial charge in [-0.3, -0.25) is 9.59 Å². The fourth-order valence-electron chi connectivity index (χ4n) is 3.18. The van der Waals surface area contributed by atoms with E-state index in [-0.39, 0.29) is 47.1 Å². The van der Waals surface area contributed by atoms with Gasteiger partial charge in [0.2, 0.25) is 5.91 Å². The van der Waals surface area contributed by atoms with Crippen molar-refractivity contribution < 1.29 is 31.9 Å². The number of ether oxygens (including phenoxy) is 1. The Labute approximate surface area is 205 Å². The molecule has 0 aliphatic heterocycles. The van der Waals surface area contributed by atoms with E-state index in [1.54, 1.807) is 0 Å². The summed E-state index contributed by atoms with van der Waals surface area (Å²) in [6, 6.07) is 2.82. The number of hydrogen-bond acceptors (Lipinski definition) is 5. The number of nitrogens with zero attached hydrogens (tertiary/aromatic N) is 2. The Morgan fingerprint density at radius 3 is 2.56 bits per heavy atom. The Kier molecular flexibility index (Phi) is 9.90. The first kappa shape index (κ1) is 28.2. The second kappa shape index (κ2) is 12.6. The average molecular weight is 510 g/mol. The maximum atomic E-state index is 13.7. The molecular weight excluding hydrogens is 482 g/mol. The molecule has 1 unspecified atom stereocenters. The van der Waals surface area contributed by atoms with Crippen LogP contribution in [0.3, 0.4) is 0 Å². The third-order valence-electron chi connectivity index (χ3n) is 4.78. The lowest BCUT2D eigenvalue weighted by Gasteiger charge is -2.13. The zero-order valence-electron chi connectivity index (χ0n) is 20.2. The second-order valence-electron chi connectivity index (χ2n) is 7.53. The number of carbonyl (C=O) groups is 2. The van der Waals surface area contributed by atoms with Crippen LogP contribution < -0.4 is 16.0 Å². The predicted molar refractivity (Wildman–Crippen MR) is 126 cm³/mol. The maximum Gasteiger partial charge on any atom is 0.393 e. The third-order valence-corrected chi connectivity index (χ3v) is 4.78. The van der Waals surface area contributed by atoms with Crippen LogP contribution in [0.4, 0.5) is 17.6 Å². The first-order valence-electron chi connectivity index (χ1n) is 10.8. The molecule has 8 nitrogen and oxygen atoms in total. The molecule has 12 heteroatoms. The van der Waals surface area contributed by atoms with Gasteiger partial charge in [-0.2, -0.15) is 18.3 Å². The number of hydrogen-bond donors (Lipinski definition) is 3. The van der Waals surface area contributed by atoms with E-state index >= 15 is 0 Å². The molecule has 2 amide bonds. The van der Waals surface area contributed by atoms with Gasteiger partial charge in [0.1, 0.15) is 17.6 Å². The molecule has 0 saturated carbocycles. The molecule has 1 atom stereocenters. The van der Waals surface area contributed by atoms with Crippen LogP contribution in [0.2, 0.25) is 0 Å². The summed E-state index contributed by atoms with van der Waals surface area (Å²) >= 11 is 0. The van der Waals surface area contributed by atoms with E-state index in [0.29, 0.717) is 5.56 Å². The molecule has 2 heterocycles. The summed E-state index contributed by atoms with van der Waals surface area (Å²) in [6.45, 7) is 1.33. The number of halogens is 4.